The molecule has 3 N–H and O–H groups in total. The van der Waals surface area contributed by atoms with E-state index in [1.807, 2.05) is 0 Å². The van der Waals surface area contributed by atoms with Gasteiger partial charge in [0.25, 0.3) is 0 Å². The third-order valence-electron chi connectivity index (χ3n) is 2.64. The van der Waals surface area contributed by atoms with E-state index in [-0.39, 0.29) is 11.5 Å². The number of phenolic OH excluding ortho intramolecular Hbond substituents is 1. The fourth-order valence-corrected chi connectivity index (χ4v) is 2.41. The first-order chi connectivity index (χ1) is 6.99. The third-order valence-corrected chi connectivity index (χ3v) is 3.27. The van der Waals surface area contributed by atoms with Crippen molar-refractivity contribution in [3.63, 3.8) is 0 Å². The number of hydrogen-bond donors (Lipinski definition) is 2. The van der Waals surface area contributed by atoms with Crippen LogP contribution in [0.5, 0.6) is 11.5 Å². The summed E-state index contributed by atoms with van der Waals surface area (Å²) in [4.78, 5) is 0. The normalized spacial score (nSPS) is 17.6. The van der Waals surface area contributed by atoms with Crippen molar-refractivity contribution in [1.29, 1.82) is 0 Å². The van der Waals surface area contributed by atoms with Gasteiger partial charge in [-0.15, -0.1) is 0 Å². The summed E-state index contributed by atoms with van der Waals surface area (Å²) in [5.74, 6) is -0.954. The third kappa shape index (κ3) is 1.59. The number of hydrogen-bond acceptors (Lipinski definition) is 3. The van der Waals surface area contributed by atoms with Crippen LogP contribution in [0.1, 0.15) is 18.4 Å². The average molecular weight is 276 g/mol. The fourth-order valence-electron chi connectivity index (χ4n) is 1.62. The Balaban J connectivity index is 2.64. The van der Waals surface area contributed by atoms with Gasteiger partial charge in [0.2, 0.25) is 0 Å². The molecule has 1 aliphatic rings. The van der Waals surface area contributed by atoms with E-state index in [0.29, 0.717) is 10.0 Å². The molecule has 0 saturated heterocycles. The molecule has 1 fully saturated rings. The number of methoxy groups -OCH3 is 1. The Bertz CT molecular complexity index is 418. The van der Waals surface area contributed by atoms with Gasteiger partial charge in [-0.1, -0.05) is 15.9 Å². The molecule has 3 nitrogen and oxygen atoms in total. The average Bonchev–Trinajstić information content (AvgIpc) is 2.83. The van der Waals surface area contributed by atoms with Crippen LogP contribution >= 0.6 is 15.9 Å². The van der Waals surface area contributed by atoms with E-state index in [0.717, 1.165) is 12.8 Å². The monoisotopic (exact) mass is 275 g/mol. The van der Waals surface area contributed by atoms with Crippen LogP contribution in [-0.2, 0) is 5.54 Å². The maximum absolute atomic E-state index is 13.9. The van der Waals surface area contributed by atoms with Gasteiger partial charge >= 0.3 is 0 Å². The Morgan fingerprint density at radius 1 is 1.60 bits per heavy atom. The molecule has 0 amide bonds. The number of halogens is 2. The first-order valence-corrected chi connectivity index (χ1v) is 5.33. The molecular formula is C10H11BrFNO2. The van der Waals surface area contributed by atoms with Crippen LogP contribution in [0.4, 0.5) is 4.39 Å². The number of benzene rings is 1. The van der Waals surface area contributed by atoms with Crippen molar-refractivity contribution >= 4 is 15.9 Å². The molecule has 2 rings (SSSR count). The van der Waals surface area contributed by atoms with Gasteiger partial charge in [-0.3, -0.25) is 0 Å². The molecule has 0 heterocycles. The Hall–Kier alpha value is -0.810. The van der Waals surface area contributed by atoms with Crippen molar-refractivity contribution in [2.75, 3.05) is 7.11 Å². The van der Waals surface area contributed by atoms with E-state index < -0.39 is 11.4 Å². The molecule has 5 heteroatoms. The Morgan fingerprint density at radius 3 is 2.67 bits per heavy atom. The van der Waals surface area contributed by atoms with Gasteiger partial charge < -0.3 is 15.6 Å². The van der Waals surface area contributed by atoms with E-state index in [9.17, 15) is 9.50 Å². The molecule has 0 aliphatic heterocycles. The maximum Gasteiger partial charge on any atom is 0.196 e. The summed E-state index contributed by atoms with van der Waals surface area (Å²) in [6.07, 6.45) is 1.49. The summed E-state index contributed by atoms with van der Waals surface area (Å²) in [6, 6.07) is 1.41. The highest BCUT2D eigenvalue weighted by Gasteiger charge is 2.44. The molecule has 1 aliphatic carbocycles. The molecule has 15 heavy (non-hydrogen) atoms. The Labute approximate surface area is 95.2 Å². The summed E-state index contributed by atoms with van der Waals surface area (Å²) in [5.41, 5.74) is 5.72. The number of rotatable bonds is 2. The molecule has 0 spiro atoms. The van der Waals surface area contributed by atoms with Crippen molar-refractivity contribution in [3.8, 4) is 11.5 Å². The number of phenols is 1. The van der Waals surface area contributed by atoms with Gasteiger partial charge in [-0.25, -0.2) is 4.39 Å². The van der Waals surface area contributed by atoms with Gasteiger partial charge in [-0.2, -0.15) is 0 Å². The van der Waals surface area contributed by atoms with Crippen molar-refractivity contribution in [1.82, 2.24) is 0 Å². The second-order valence-corrected chi connectivity index (χ2v) is 4.61. The van der Waals surface area contributed by atoms with Crippen LogP contribution in [0, 0.1) is 5.82 Å². The highest BCUT2D eigenvalue weighted by atomic mass is 79.9. The number of aromatic hydroxyl groups is 1. The van der Waals surface area contributed by atoms with Crippen LogP contribution in [0.15, 0.2) is 10.5 Å². The van der Waals surface area contributed by atoms with Crippen LogP contribution in [0.25, 0.3) is 0 Å². The van der Waals surface area contributed by atoms with E-state index in [1.165, 1.54) is 13.2 Å². The van der Waals surface area contributed by atoms with Gasteiger partial charge in [0.05, 0.1) is 7.11 Å². The van der Waals surface area contributed by atoms with Crippen LogP contribution in [0.2, 0.25) is 0 Å². The first-order valence-electron chi connectivity index (χ1n) is 4.54. The highest BCUT2D eigenvalue weighted by Crippen LogP contribution is 2.50. The molecule has 0 bridgehead atoms. The topological polar surface area (TPSA) is 55.5 Å². The fraction of sp³-hybridized carbons (Fsp3) is 0.400. The quantitative estimate of drug-likeness (QED) is 0.871. The standard InChI is InChI=1S/C10H11BrFNO2/c1-15-9-6(14)4-5(11)7(8(9)12)10(13)2-3-10/h4,14H,2-3,13H2,1H3. The van der Waals surface area contributed by atoms with Crippen molar-refractivity contribution in [3.05, 3.63) is 21.9 Å². The van der Waals surface area contributed by atoms with E-state index >= 15 is 0 Å². The minimum absolute atomic E-state index is 0.148. The zero-order valence-electron chi connectivity index (χ0n) is 8.18. The molecular weight excluding hydrogens is 265 g/mol. The zero-order valence-corrected chi connectivity index (χ0v) is 9.77. The van der Waals surface area contributed by atoms with Crippen LogP contribution in [-0.4, -0.2) is 12.2 Å². The summed E-state index contributed by atoms with van der Waals surface area (Å²) in [7, 11) is 1.31. The molecule has 1 aromatic carbocycles. The Kier molecular flexibility index (Phi) is 2.39. The summed E-state index contributed by atoms with van der Waals surface area (Å²) >= 11 is 3.20. The molecule has 1 aromatic rings. The highest BCUT2D eigenvalue weighted by molar-refractivity contribution is 9.10. The number of ether oxygens (including phenoxy) is 1. The zero-order chi connectivity index (χ0) is 11.2. The van der Waals surface area contributed by atoms with Crippen molar-refractivity contribution in [2.24, 2.45) is 5.73 Å². The second-order valence-electron chi connectivity index (χ2n) is 3.76. The van der Waals surface area contributed by atoms with Gasteiger partial charge in [0, 0.05) is 15.6 Å². The summed E-state index contributed by atoms with van der Waals surface area (Å²) in [5, 5.41) is 9.45. The van der Waals surface area contributed by atoms with Gasteiger partial charge in [0.15, 0.2) is 17.3 Å². The lowest BCUT2D eigenvalue weighted by atomic mass is 10.0. The van der Waals surface area contributed by atoms with Crippen LogP contribution < -0.4 is 10.5 Å². The maximum atomic E-state index is 13.9. The molecule has 0 aromatic heterocycles. The number of nitrogens with two attached hydrogens (primary N) is 1. The lowest BCUT2D eigenvalue weighted by Gasteiger charge is -2.16. The van der Waals surface area contributed by atoms with Crippen molar-refractivity contribution < 1.29 is 14.2 Å². The SMILES string of the molecule is COc1c(O)cc(Br)c(C2(N)CC2)c1F. The smallest absolute Gasteiger partial charge is 0.196 e. The summed E-state index contributed by atoms with van der Waals surface area (Å²) in [6.45, 7) is 0. The lowest BCUT2D eigenvalue weighted by Crippen LogP contribution is -2.21. The van der Waals surface area contributed by atoms with Crippen molar-refractivity contribution in [2.45, 2.75) is 18.4 Å². The predicted octanol–water partition coefficient (Wildman–Crippen LogP) is 2.25. The van der Waals surface area contributed by atoms with E-state index in [2.05, 4.69) is 15.9 Å². The minimum atomic E-state index is -0.607. The molecule has 82 valence electrons. The van der Waals surface area contributed by atoms with Gasteiger partial charge in [0.1, 0.15) is 0 Å². The van der Waals surface area contributed by atoms with E-state index in [4.69, 9.17) is 10.5 Å². The Morgan fingerprint density at radius 2 is 2.20 bits per heavy atom. The van der Waals surface area contributed by atoms with Gasteiger partial charge in [-0.05, 0) is 18.9 Å². The first kappa shape index (κ1) is 10.7. The molecule has 1 saturated carbocycles. The lowest BCUT2D eigenvalue weighted by molar-refractivity contribution is 0.347. The second kappa shape index (κ2) is 3.35. The predicted molar refractivity (Wildman–Crippen MR) is 57.4 cm³/mol. The minimum Gasteiger partial charge on any atom is -0.504 e. The van der Waals surface area contributed by atoms with Crippen LogP contribution in [0.3, 0.4) is 0 Å². The largest absolute Gasteiger partial charge is 0.504 e. The summed E-state index contributed by atoms with van der Waals surface area (Å²) < 4.78 is 19.2. The molecule has 0 atom stereocenters. The molecule has 0 unspecified atom stereocenters. The molecule has 0 radical (unpaired) electrons. The van der Waals surface area contributed by atoms with E-state index in [1.54, 1.807) is 0 Å².